The SMILES string of the molecule is COc1ccc(C(=O)CCC(=O)NCC2CN(c3ccc(N4CCSCC4)c(F)c3)C(=O)O2)cc1. The van der Waals surface area contributed by atoms with Crippen LogP contribution in [0, 0.1) is 5.82 Å². The Morgan fingerprint density at radius 2 is 1.89 bits per heavy atom. The van der Waals surface area contributed by atoms with Crippen LogP contribution in [0.15, 0.2) is 42.5 Å². The highest BCUT2D eigenvalue weighted by molar-refractivity contribution is 7.99. The summed E-state index contributed by atoms with van der Waals surface area (Å²) in [5.74, 6) is 1.75. The number of Topliss-reactive ketones (excluding diaryl/α,β-unsaturated/α-hetero) is 1. The van der Waals surface area contributed by atoms with Gasteiger partial charge in [-0.3, -0.25) is 14.5 Å². The molecule has 8 nitrogen and oxygen atoms in total. The molecule has 186 valence electrons. The number of carbonyl (C=O) groups is 3. The Kier molecular flexibility index (Phi) is 8.12. The predicted octanol–water partition coefficient (Wildman–Crippen LogP) is 3.49. The van der Waals surface area contributed by atoms with Crippen LogP contribution in [0.3, 0.4) is 0 Å². The Balaban J connectivity index is 1.24. The smallest absolute Gasteiger partial charge is 0.414 e. The Labute approximate surface area is 207 Å². The highest BCUT2D eigenvalue weighted by Crippen LogP contribution is 2.29. The Hall–Kier alpha value is -3.27. The monoisotopic (exact) mass is 501 g/mol. The number of amides is 2. The minimum Gasteiger partial charge on any atom is -0.497 e. The first-order chi connectivity index (χ1) is 16.9. The molecule has 2 aliphatic rings. The van der Waals surface area contributed by atoms with Crippen LogP contribution < -0.4 is 19.9 Å². The fourth-order valence-electron chi connectivity index (χ4n) is 4.03. The molecule has 2 heterocycles. The molecule has 2 aliphatic heterocycles. The van der Waals surface area contributed by atoms with Gasteiger partial charge in [0.15, 0.2) is 5.78 Å². The standard InChI is InChI=1S/C25H28FN3O5S/c1-33-19-5-2-17(3-6-19)23(30)8-9-24(31)27-15-20-16-29(25(32)34-20)18-4-7-22(21(26)14-18)28-10-12-35-13-11-28/h2-7,14,20H,8-13,15-16H2,1H3,(H,27,31). The maximum absolute atomic E-state index is 14.8. The molecule has 35 heavy (non-hydrogen) atoms. The van der Waals surface area contributed by atoms with Gasteiger partial charge >= 0.3 is 6.09 Å². The van der Waals surface area contributed by atoms with Crippen molar-refractivity contribution in [3.8, 4) is 5.75 Å². The number of nitrogens with one attached hydrogen (secondary N) is 1. The van der Waals surface area contributed by atoms with Crippen molar-refractivity contribution in [2.24, 2.45) is 0 Å². The van der Waals surface area contributed by atoms with Crippen molar-refractivity contribution in [1.29, 1.82) is 0 Å². The maximum Gasteiger partial charge on any atom is 0.414 e. The number of carbonyl (C=O) groups excluding carboxylic acids is 3. The van der Waals surface area contributed by atoms with Gasteiger partial charge in [0.2, 0.25) is 5.91 Å². The van der Waals surface area contributed by atoms with E-state index in [1.165, 1.54) is 11.0 Å². The van der Waals surface area contributed by atoms with E-state index in [0.717, 1.165) is 24.6 Å². The van der Waals surface area contributed by atoms with E-state index in [0.29, 0.717) is 22.7 Å². The number of benzene rings is 2. The minimum absolute atomic E-state index is 0.0247. The molecule has 4 rings (SSSR count). The maximum atomic E-state index is 14.8. The number of cyclic esters (lactones) is 1. The molecule has 2 aromatic carbocycles. The van der Waals surface area contributed by atoms with Crippen molar-refractivity contribution in [3.05, 3.63) is 53.8 Å². The molecule has 2 saturated heterocycles. The highest BCUT2D eigenvalue weighted by atomic mass is 32.2. The fraction of sp³-hybridized carbons (Fsp3) is 0.400. The van der Waals surface area contributed by atoms with Crippen molar-refractivity contribution in [3.63, 3.8) is 0 Å². The van der Waals surface area contributed by atoms with Gasteiger partial charge in [0.25, 0.3) is 0 Å². The van der Waals surface area contributed by atoms with Gasteiger partial charge in [-0.2, -0.15) is 11.8 Å². The third-order valence-corrected chi connectivity index (χ3v) is 6.93. The van der Waals surface area contributed by atoms with Crippen LogP contribution >= 0.6 is 11.8 Å². The summed E-state index contributed by atoms with van der Waals surface area (Å²) in [5, 5.41) is 2.71. The number of methoxy groups -OCH3 is 1. The van der Waals surface area contributed by atoms with E-state index < -0.39 is 12.2 Å². The van der Waals surface area contributed by atoms with Crippen molar-refractivity contribution in [2.75, 3.05) is 54.6 Å². The van der Waals surface area contributed by atoms with E-state index >= 15 is 0 Å². The lowest BCUT2D eigenvalue weighted by molar-refractivity contribution is -0.121. The Bertz CT molecular complexity index is 1080. The van der Waals surface area contributed by atoms with Gasteiger partial charge < -0.3 is 19.7 Å². The zero-order valence-corrected chi connectivity index (χ0v) is 20.3. The van der Waals surface area contributed by atoms with Gasteiger partial charge in [0.1, 0.15) is 17.7 Å². The second-order valence-corrected chi connectivity index (χ2v) is 9.53. The van der Waals surface area contributed by atoms with Crippen LogP contribution in [0.4, 0.5) is 20.6 Å². The van der Waals surface area contributed by atoms with E-state index in [2.05, 4.69) is 5.32 Å². The first kappa shape index (κ1) is 24.8. The van der Waals surface area contributed by atoms with Gasteiger partial charge in [0, 0.05) is 43.0 Å². The van der Waals surface area contributed by atoms with Crippen LogP contribution in [-0.2, 0) is 9.53 Å². The Morgan fingerprint density at radius 1 is 1.14 bits per heavy atom. The average molecular weight is 502 g/mol. The van der Waals surface area contributed by atoms with Crippen LogP contribution in [-0.4, -0.2) is 68.7 Å². The molecule has 10 heteroatoms. The van der Waals surface area contributed by atoms with Crippen LogP contribution in [0.1, 0.15) is 23.2 Å². The van der Waals surface area contributed by atoms with E-state index in [1.54, 1.807) is 43.5 Å². The number of nitrogens with zero attached hydrogens (tertiary/aromatic N) is 2. The summed E-state index contributed by atoms with van der Waals surface area (Å²) in [5.41, 5.74) is 1.47. The normalized spacial score (nSPS) is 17.8. The first-order valence-electron chi connectivity index (χ1n) is 11.5. The van der Waals surface area contributed by atoms with Crippen molar-refractivity contribution in [2.45, 2.75) is 18.9 Å². The molecule has 0 aliphatic carbocycles. The topological polar surface area (TPSA) is 88.2 Å². The van der Waals surface area contributed by atoms with Crippen LogP contribution in [0.25, 0.3) is 0 Å². The molecule has 0 radical (unpaired) electrons. The van der Waals surface area contributed by atoms with Crippen molar-refractivity contribution >= 4 is 40.9 Å². The third-order valence-electron chi connectivity index (χ3n) is 5.99. The lowest BCUT2D eigenvalue weighted by Gasteiger charge is -2.29. The zero-order valence-electron chi connectivity index (χ0n) is 19.5. The summed E-state index contributed by atoms with van der Waals surface area (Å²) >= 11 is 1.85. The van der Waals surface area contributed by atoms with Gasteiger partial charge in [-0.1, -0.05) is 0 Å². The second-order valence-electron chi connectivity index (χ2n) is 8.31. The molecule has 1 atom stereocenters. The summed E-state index contributed by atoms with van der Waals surface area (Å²) < 4.78 is 25.2. The lowest BCUT2D eigenvalue weighted by Crippen LogP contribution is -2.35. The molecule has 1 N–H and O–H groups in total. The molecule has 2 fully saturated rings. The fourth-order valence-corrected chi connectivity index (χ4v) is 4.93. The molecule has 2 amide bonds. The first-order valence-corrected chi connectivity index (χ1v) is 12.6. The number of ketones is 1. The van der Waals surface area contributed by atoms with Crippen LogP contribution in [0.5, 0.6) is 5.75 Å². The number of anilines is 2. The molecule has 0 aromatic heterocycles. The summed E-state index contributed by atoms with van der Waals surface area (Å²) in [4.78, 5) is 40.2. The number of halogens is 1. The van der Waals surface area contributed by atoms with Crippen molar-refractivity contribution in [1.82, 2.24) is 5.32 Å². The van der Waals surface area contributed by atoms with Crippen molar-refractivity contribution < 1.29 is 28.2 Å². The molecule has 2 aromatic rings. The van der Waals surface area contributed by atoms with Gasteiger partial charge in [-0.15, -0.1) is 0 Å². The summed E-state index contributed by atoms with van der Waals surface area (Å²) in [7, 11) is 1.55. The molecular formula is C25H28FN3O5S. The average Bonchev–Trinajstić information content (AvgIpc) is 3.26. The predicted molar refractivity (Wildman–Crippen MR) is 133 cm³/mol. The minimum atomic E-state index is -0.583. The highest BCUT2D eigenvalue weighted by Gasteiger charge is 2.33. The number of thioether (sulfide) groups is 1. The largest absolute Gasteiger partial charge is 0.497 e. The van der Waals surface area contributed by atoms with Gasteiger partial charge in [-0.25, -0.2) is 9.18 Å². The molecule has 0 spiro atoms. The van der Waals surface area contributed by atoms with Gasteiger partial charge in [0.05, 0.1) is 31.6 Å². The van der Waals surface area contributed by atoms with Gasteiger partial charge in [-0.05, 0) is 42.5 Å². The summed E-state index contributed by atoms with van der Waals surface area (Å²) in [6.45, 7) is 1.90. The van der Waals surface area contributed by atoms with Crippen LogP contribution in [0.2, 0.25) is 0 Å². The second kappa shape index (κ2) is 11.4. The van der Waals surface area contributed by atoms with E-state index in [4.69, 9.17) is 9.47 Å². The number of rotatable bonds is 9. The van der Waals surface area contributed by atoms with E-state index in [-0.39, 0.29) is 43.4 Å². The number of hydrogen-bond acceptors (Lipinski definition) is 7. The lowest BCUT2D eigenvalue weighted by atomic mass is 10.1. The van der Waals surface area contributed by atoms with E-state index in [9.17, 15) is 18.8 Å². The molecule has 0 bridgehead atoms. The van der Waals surface area contributed by atoms with E-state index in [1.807, 2.05) is 16.7 Å². The third kappa shape index (κ3) is 6.25. The summed E-state index contributed by atoms with van der Waals surface area (Å²) in [6.07, 6.45) is -1.06. The number of ether oxygens (including phenoxy) is 2. The zero-order chi connectivity index (χ0) is 24.8. The Morgan fingerprint density at radius 3 is 2.57 bits per heavy atom. The molecular weight excluding hydrogens is 473 g/mol. The summed E-state index contributed by atoms with van der Waals surface area (Å²) in [6, 6.07) is 11.5. The molecule has 1 unspecified atom stereocenters. The number of hydrogen-bond donors (Lipinski definition) is 1. The molecule has 0 saturated carbocycles. The quantitative estimate of drug-likeness (QED) is 0.526.